The van der Waals surface area contributed by atoms with Crippen LogP contribution in [0.1, 0.15) is 5.76 Å². The van der Waals surface area contributed by atoms with Crippen molar-refractivity contribution in [2.75, 3.05) is 0 Å². The van der Waals surface area contributed by atoms with E-state index in [2.05, 4.69) is 4.99 Å². The minimum atomic E-state index is -3.91. The fourth-order valence-corrected chi connectivity index (χ4v) is 3.19. The Labute approximate surface area is 130 Å². The second-order valence-electron chi connectivity index (χ2n) is 4.00. The second kappa shape index (κ2) is 6.52. The van der Waals surface area contributed by atoms with Crippen LogP contribution in [-0.4, -0.2) is 19.2 Å². The molecule has 2 rings (SSSR count). The predicted octanol–water partition coefficient (Wildman–Crippen LogP) is 0.700. The van der Waals surface area contributed by atoms with E-state index in [1.807, 2.05) is 0 Å². The van der Waals surface area contributed by atoms with Gasteiger partial charge in [-0.2, -0.15) is 0 Å². The quantitative estimate of drug-likeness (QED) is 0.549. The number of nitrogens with two attached hydrogens (primary N) is 1. The van der Waals surface area contributed by atoms with Crippen LogP contribution in [0.15, 0.2) is 56.7 Å². The SMILES string of the molecule is NS(=O)(=O)SC(O)=C1C=CC(Cl)=CC1=[NH+]Cc1ccco1. The lowest BCUT2D eigenvalue weighted by atomic mass is 10.1. The molecular formula is C12H12ClN2O4S2+. The molecule has 112 valence electrons. The van der Waals surface area contributed by atoms with Crippen molar-refractivity contribution in [2.45, 2.75) is 6.54 Å². The van der Waals surface area contributed by atoms with Crippen molar-refractivity contribution < 1.29 is 22.9 Å². The Morgan fingerprint density at radius 2 is 2.24 bits per heavy atom. The number of aliphatic hydroxyl groups is 1. The zero-order valence-electron chi connectivity index (χ0n) is 10.6. The highest BCUT2D eigenvalue weighted by atomic mass is 35.5. The fourth-order valence-electron chi connectivity index (χ4n) is 1.60. The standard InChI is InChI=1S/C12H11ClN2O4S2/c13-8-3-4-10(12(16)20-21(14,17)18)11(6-8)15-7-9-2-1-5-19-9/h1-6,16H,7H2,(H2,14,17,18)/p+1. The molecule has 0 saturated carbocycles. The van der Waals surface area contributed by atoms with Crippen molar-refractivity contribution in [1.29, 1.82) is 0 Å². The van der Waals surface area contributed by atoms with E-state index in [1.54, 1.807) is 18.2 Å². The van der Waals surface area contributed by atoms with E-state index in [0.29, 0.717) is 23.0 Å². The van der Waals surface area contributed by atoms with Crippen molar-refractivity contribution in [1.82, 2.24) is 0 Å². The number of allylic oxidation sites excluding steroid dienone is 5. The summed E-state index contributed by atoms with van der Waals surface area (Å²) in [7, 11) is -3.74. The Morgan fingerprint density at radius 3 is 2.86 bits per heavy atom. The first kappa shape index (κ1) is 15.9. The Balaban J connectivity index is 2.32. The zero-order valence-corrected chi connectivity index (χ0v) is 13.0. The molecule has 1 aromatic rings. The topological polar surface area (TPSA) is 108 Å². The van der Waals surface area contributed by atoms with Crippen LogP contribution in [0.4, 0.5) is 0 Å². The van der Waals surface area contributed by atoms with Gasteiger partial charge in [-0.25, -0.2) is 18.5 Å². The molecule has 0 spiro atoms. The summed E-state index contributed by atoms with van der Waals surface area (Å²) in [5.74, 6) is 0.680. The lowest BCUT2D eigenvalue weighted by Gasteiger charge is -2.06. The zero-order chi connectivity index (χ0) is 15.5. The summed E-state index contributed by atoms with van der Waals surface area (Å²) in [6, 6.07) is 3.52. The van der Waals surface area contributed by atoms with Gasteiger partial charge in [-0.3, -0.25) is 0 Å². The van der Waals surface area contributed by atoms with E-state index in [9.17, 15) is 13.5 Å². The third-order valence-electron chi connectivity index (χ3n) is 2.44. The average molecular weight is 348 g/mol. The highest BCUT2D eigenvalue weighted by molar-refractivity contribution is 8.72. The van der Waals surface area contributed by atoms with Gasteiger partial charge in [-0.05, 0) is 24.3 Å². The minimum absolute atomic E-state index is 0.169. The van der Waals surface area contributed by atoms with Crippen LogP contribution in [0.5, 0.6) is 0 Å². The first-order chi connectivity index (χ1) is 9.85. The molecule has 21 heavy (non-hydrogen) atoms. The van der Waals surface area contributed by atoms with Crippen LogP contribution in [0, 0.1) is 0 Å². The van der Waals surface area contributed by atoms with Gasteiger partial charge in [0.25, 0.3) is 9.06 Å². The molecule has 0 aromatic carbocycles. The van der Waals surface area contributed by atoms with Crippen LogP contribution in [-0.2, 0) is 15.6 Å². The number of hydrogen-bond acceptors (Lipinski definition) is 5. The van der Waals surface area contributed by atoms with Crippen molar-refractivity contribution in [2.24, 2.45) is 5.14 Å². The van der Waals surface area contributed by atoms with Crippen molar-refractivity contribution in [3.05, 3.63) is 58.1 Å². The maximum Gasteiger partial charge on any atom is 0.269 e. The monoisotopic (exact) mass is 347 g/mol. The van der Waals surface area contributed by atoms with Crippen molar-refractivity contribution in [3.63, 3.8) is 0 Å². The highest BCUT2D eigenvalue weighted by Crippen LogP contribution is 2.25. The molecule has 0 amide bonds. The Morgan fingerprint density at radius 1 is 1.48 bits per heavy atom. The molecule has 1 aliphatic carbocycles. The van der Waals surface area contributed by atoms with Gasteiger partial charge in [0, 0.05) is 11.1 Å². The third kappa shape index (κ3) is 4.78. The first-order valence-corrected chi connectivity index (χ1v) is 8.95. The molecule has 0 bridgehead atoms. The van der Waals surface area contributed by atoms with Crippen molar-refractivity contribution in [3.8, 4) is 0 Å². The number of nitrogens with one attached hydrogen (secondary N) is 1. The van der Waals surface area contributed by atoms with Gasteiger partial charge in [-0.1, -0.05) is 11.6 Å². The van der Waals surface area contributed by atoms with Crippen LogP contribution in [0.2, 0.25) is 0 Å². The molecular weight excluding hydrogens is 336 g/mol. The molecule has 1 aromatic heterocycles. The predicted molar refractivity (Wildman–Crippen MR) is 81.8 cm³/mol. The molecule has 9 heteroatoms. The van der Waals surface area contributed by atoms with Gasteiger partial charge in [-0.15, -0.1) is 0 Å². The normalized spacial score (nSPS) is 19.7. The van der Waals surface area contributed by atoms with Gasteiger partial charge in [0.15, 0.2) is 17.4 Å². The van der Waals surface area contributed by atoms with Crippen LogP contribution in [0.25, 0.3) is 0 Å². The molecule has 0 unspecified atom stereocenters. The molecule has 6 nitrogen and oxygen atoms in total. The molecule has 0 radical (unpaired) electrons. The lowest BCUT2D eigenvalue weighted by molar-refractivity contribution is -0.476. The summed E-state index contributed by atoms with van der Waals surface area (Å²) in [4.78, 5) is 3.02. The van der Waals surface area contributed by atoms with Crippen LogP contribution >= 0.6 is 22.4 Å². The molecule has 4 N–H and O–H groups in total. The summed E-state index contributed by atoms with van der Waals surface area (Å²) < 4.78 is 27.3. The molecule has 1 aliphatic rings. The molecule has 0 saturated heterocycles. The van der Waals surface area contributed by atoms with E-state index < -0.39 is 14.1 Å². The van der Waals surface area contributed by atoms with Gasteiger partial charge in [0.2, 0.25) is 5.71 Å². The Bertz CT molecular complexity index is 746. The maximum absolute atomic E-state index is 11.0. The summed E-state index contributed by atoms with van der Waals surface area (Å²) in [6.07, 6.45) is 6.14. The summed E-state index contributed by atoms with van der Waals surface area (Å²) in [6.45, 7) is 0.355. The van der Waals surface area contributed by atoms with Gasteiger partial charge in [0.1, 0.15) is 0 Å². The molecule has 1 heterocycles. The maximum atomic E-state index is 11.0. The van der Waals surface area contributed by atoms with Gasteiger partial charge < -0.3 is 9.52 Å². The van der Waals surface area contributed by atoms with E-state index in [-0.39, 0.29) is 16.4 Å². The highest BCUT2D eigenvalue weighted by Gasteiger charge is 2.21. The summed E-state index contributed by atoms with van der Waals surface area (Å²) in [5.41, 5.74) is 0.748. The fraction of sp³-hybridized carbons (Fsp3) is 0.0833. The Kier molecular flexibility index (Phi) is 4.94. The lowest BCUT2D eigenvalue weighted by Crippen LogP contribution is -2.71. The number of aliphatic hydroxyl groups excluding tert-OH is 1. The first-order valence-electron chi connectivity index (χ1n) is 5.69. The van der Waals surface area contributed by atoms with E-state index in [4.69, 9.17) is 21.2 Å². The number of hydrogen-bond donors (Lipinski definition) is 3. The Hall–Kier alpha value is -1.48. The van der Waals surface area contributed by atoms with E-state index in [0.717, 1.165) is 0 Å². The average Bonchev–Trinajstić information content (AvgIpc) is 2.87. The molecule has 0 aliphatic heterocycles. The summed E-state index contributed by atoms with van der Waals surface area (Å²) in [5, 5.41) is 14.8. The van der Waals surface area contributed by atoms with Gasteiger partial charge >= 0.3 is 0 Å². The largest absolute Gasteiger partial charge is 0.501 e. The number of furan rings is 1. The third-order valence-corrected chi connectivity index (χ3v) is 4.46. The van der Waals surface area contributed by atoms with Crippen LogP contribution < -0.4 is 10.1 Å². The van der Waals surface area contributed by atoms with Crippen LogP contribution in [0.3, 0.4) is 0 Å². The van der Waals surface area contributed by atoms with Crippen molar-refractivity contribution >= 4 is 37.2 Å². The van der Waals surface area contributed by atoms with Gasteiger partial charge in [0.05, 0.1) is 22.6 Å². The smallest absolute Gasteiger partial charge is 0.269 e. The molecule has 0 atom stereocenters. The summed E-state index contributed by atoms with van der Waals surface area (Å²) >= 11 is 5.91. The second-order valence-corrected chi connectivity index (χ2v) is 7.87. The minimum Gasteiger partial charge on any atom is -0.501 e. The van der Waals surface area contributed by atoms with E-state index >= 15 is 0 Å². The number of rotatable bonds is 4. The molecule has 0 fully saturated rings. The number of halogens is 1. The van der Waals surface area contributed by atoms with E-state index in [1.165, 1.54) is 18.4 Å².